The number of benzene rings is 1. The Labute approximate surface area is 101 Å². The van der Waals surface area contributed by atoms with Gasteiger partial charge in [0, 0.05) is 0 Å². The number of hydrogen-bond acceptors (Lipinski definition) is 0. The average molecular weight is 270 g/mol. The molecule has 1 aromatic rings. The highest BCUT2D eigenvalue weighted by Crippen LogP contribution is 2.37. The zero-order valence-corrected chi connectivity index (χ0v) is 9.78. The molecule has 0 nitrogen and oxygen atoms in total. The summed E-state index contributed by atoms with van der Waals surface area (Å²) in [6.07, 6.45) is -9.08. The van der Waals surface area contributed by atoms with Crippen LogP contribution in [0.1, 0.15) is 42.9 Å². The molecule has 1 atom stereocenters. The average Bonchev–Trinajstić information content (AvgIpc) is 2.25. The van der Waals surface area contributed by atoms with Crippen molar-refractivity contribution in [2.45, 2.75) is 38.5 Å². The standard InChI is InChI=1S/C12H12F6/c1-3-7(2)8-4-9(11(13,14)15)6-10(5-8)12(16,17)18/h4-7H,3H2,1-2H3. The second kappa shape index (κ2) is 4.82. The minimum atomic E-state index is -4.77. The van der Waals surface area contributed by atoms with E-state index in [1.54, 1.807) is 13.8 Å². The Bertz CT molecular complexity index is 383. The summed E-state index contributed by atoms with van der Waals surface area (Å²) >= 11 is 0. The summed E-state index contributed by atoms with van der Waals surface area (Å²) in [5.74, 6) is -0.353. The molecule has 0 bridgehead atoms. The van der Waals surface area contributed by atoms with Crippen LogP contribution in [-0.2, 0) is 12.4 Å². The molecule has 1 rings (SSSR count). The van der Waals surface area contributed by atoms with Gasteiger partial charge in [-0.15, -0.1) is 0 Å². The number of alkyl halides is 6. The molecule has 1 unspecified atom stereocenters. The molecule has 0 heterocycles. The minimum absolute atomic E-state index is 0.0552. The van der Waals surface area contributed by atoms with Crippen LogP contribution in [0.2, 0.25) is 0 Å². The second-order valence-corrected chi connectivity index (χ2v) is 4.15. The van der Waals surface area contributed by atoms with Gasteiger partial charge in [0.15, 0.2) is 0 Å². The van der Waals surface area contributed by atoms with Gasteiger partial charge in [-0.05, 0) is 36.1 Å². The van der Waals surface area contributed by atoms with Crippen LogP contribution in [0.15, 0.2) is 18.2 Å². The molecule has 0 aromatic heterocycles. The first-order valence-corrected chi connectivity index (χ1v) is 5.35. The molecule has 102 valence electrons. The van der Waals surface area contributed by atoms with Crippen molar-refractivity contribution in [2.75, 3.05) is 0 Å². The van der Waals surface area contributed by atoms with Gasteiger partial charge < -0.3 is 0 Å². The summed E-state index contributed by atoms with van der Waals surface area (Å²) in [5, 5.41) is 0. The topological polar surface area (TPSA) is 0 Å². The van der Waals surface area contributed by atoms with Crippen LogP contribution in [0.4, 0.5) is 26.3 Å². The third-order valence-corrected chi connectivity index (χ3v) is 2.79. The molecule has 0 aliphatic heterocycles. The van der Waals surface area contributed by atoms with E-state index in [-0.39, 0.29) is 17.5 Å². The van der Waals surface area contributed by atoms with Gasteiger partial charge in [-0.1, -0.05) is 13.8 Å². The third-order valence-electron chi connectivity index (χ3n) is 2.79. The van der Waals surface area contributed by atoms with Crippen LogP contribution in [0.3, 0.4) is 0 Å². The summed E-state index contributed by atoms with van der Waals surface area (Å²) in [6, 6.07) is 1.71. The van der Waals surface area contributed by atoms with Gasteiger partial charge in [0.05, 0.1) is 11.1 Å². The van der Waals surface area contributed by atoms with E-state index in [4.69, 9.17) is 0 Å². The maximum absolute atomic E-state index is 12.5. The van der Waals surface area contributed by atoms with Gasteiger partial charge in [-0.3, -0.25) is 0 Å². The first kappa shape index (κ1) is 14.9. The van der Waals surface area contributed by atoms with E-state index >= 15 is 0 Å². The smallest absolute Gasteiger partial charge is 0.166 e. The van der Waals surface area contributed by atoms with Crippen LogP contribution < -0.4 is 0 Å². The fourth-order valence-corrected chi connectivity index (χ4v) is 1.50. The number of halogens is 6. The molecule has 0 N–H and O–H groups in total. The normalized spacial score (nSPS) is 14.7. The van der Waals surface area contributed by atoms with Crippen molar-refractivity contribution in [1.29, 1.82) is 0 Å². The molecular formula is C12H12F6. The molecule has 0 saturated heterocycles. The zero-order chi connectivity index (χ0) is 14.1. The summed E-state index contributed by atoms with van der Waals surface area (Å²) in [4.78, 5) is 0. The fraction of sp³-hybridized carbons (Fsp3) is 0.500. The van der Waals surface area contributed by atoms with E-state index in [1.807, 2.05) is 0 Å². The lowest BCUT2D eigenvalue weighted by molar-refractivity contribution is -0.143. The summed E-state index contributed by atoms with van der Waals surface area (Å²) in [6.45, 7) is 3.30. The monoisotopic (exact) mass is 270 g/mol. The Hall–Kier alpha value is -1.20. The van der Waals surface area contributed by atoms with Crippen LogP contribution in [0.25, 0.3) is 0 Å². The molecule has 6 heteroatoms. The molecule has 0 aliphatic carbocycles. The fourth-order valence-electron chi connectivity index (χ4n) is 1.50. The predicted molar refractivity (Wildman–Crippen MR) is 55.2 cm³/mol. The van der Waals surface area contributed by atoms with Gasteiger partial charge in [0.25, 0.3) is 0 Å². The molecule has 18 heavy (non-hydrogen) atoms. The van der Waals surface area contributed by atoms with Crippen LogP contribution in [-0.4, -0.2) is 0 Å². The molecule has 0 fully saturated rings. The van der Waals surface area contributed by atoms with Crippen LogP contribution in [0.5, 0.6) is 0 Å². The summed E-state index contributed by atoms with van der Waals surface area (Å²) in [5.41, 5.74) is -2.46. The maximum atomic E-state index is 12.5. The van der Waals surface area contributed by atoms with Gasteiger partial charge in [0.1, 0.15) is 0 Å². The van der Waals surface area contributed by atoms with Gasteiger partial charge >= 0.3 is 12.4 Å². The lowest BCUT2D eigenvalue weighted by Crippen LogP contribution is -2.12. The van der Waals surface area contributed by atoms with Crippen molar-refractivity contribution in [2.24, 2.45) is 0 Å². The summed E-state index contributed by atoms with van der Waals surface area (Å²) in [7, 11) is 0. The molecule has 0 aliphatic rings. The lowest BCUT2D eigenvalue weighted by Gasteiger charge is -2.16. The Morgan fingerprint density at radius 1 is 0.889 bits per heavy atom. The Morgan fingerprint density at radius 2 is 1.28 bits per heavy atom. The Balaban J connectivity index is 3.39. The van der Waals surface area contributed by atoms with Crippen LogP contribution in [0, 0.1) is 0 Å². The molecule has 0 amide bonds. The first-order chi connectivity index (χ1) is 8.05. The third kappa shape index (κ3) is 3.40. The van der Waals surface area contributed by atoms with Gasteiger partial charge in [-0.2, -0.15) is 26.3 Å². The second-order valence-electron chi connectivity index (χ2n) is 4.15. The van der Waals surface area contributed by atoms with E-state index in [9.17, 15) is 26.3 Å². The molecule has 1 aromatic carbocycles. The highest BCUT2D eigenvalue weighted by Gasteiger charge is 2.37. The Morgan fingerprint density at radius 3 is 1.56 bits per heavy atom. The van der Waals surface area contributed by atoms with Gasteiger partial charge in [-0.25, -0.2) is 0 Å². The van der Waals surface area contributed by atoms with E-state index in [2.05, 4.69) is 0 Å². The molecular weight excluding hydrogens is 258 g/mol. The number of rotatable bonds is 2. The zero-order valence-electron chi connectivity index (χ0n) is 9.78. The van der Waals surface area contributed by atoms with E-state index in [0.717, 1.165) is 12.1 Å². The molecule has 0 spiro atoms. The molecule has 0 radical (unpaired) electrons. The van der Waals surface area contributed by atoms with Crippen LogP contribution >= 0.6 is 0 Å². The lowest BCUT2D eigenvalue weighted by atomic mass is 9.94. The quantitative estimate of drug-likeness (QED) is 0.645. The van der Waals surface area contributed by atoms with Crippen molar-refractivity contribution < 1.29 is 26.3 Å². The number of hydrogen-bond donors (Lipinski definition) is 0. The molecule has 0 saturated carbocycles. The SMILES string of the molecule is CCC(C)c1cc(C(F)(F)F)cc(C(F)(F)F)c1. The van der Waals surface area contributed by atoms with Gasteiger partial charge in [0.2, 0.25) is 0 Å². The largest absolute Gasteiger partial charge is 0.416 e. The van der Waals surface area contributed by atoms with Crippen molar-refractivity contribution in [3.8, 4) is 0 Å². The highest BCUT2D eigenvalue weighted by atomic mass is 19.4. The highest BCUT2D eigenvalue weighted by molar-refractivity contribution is 5.35. The van der Waals surface area contributed by atoms with Crippen molar-refractivity contribution in [3.63, 3.8) is 0 Å². The first-order valence-electron chi connectivity index (χ1n) is 5.35. The van der Waals surface area contributed by atoms with Crippen molar-refractivity contribution in [3.05, 3.63) is 34.9 Å². The van der Waals surface area contributed by atoms with E-state index in [0.29, 0.717) is 6.42 Å². The summed E-state index contributed by atoms with van der Waals surface area (Å²) < 4.78 is 75.2. The van der Waals surface area contributed by atoms with E-state index in [1.165, 1.54) is 0 Å². The van der Waals surface area contributed by atoms with Crippen molar-refractivity contribution in [1.82, 2.24) is 0 Å². The Kier molecular flexibility index (Phi) is 3.98. The predicted octanol–water partition coefficient (Wildman–Crippen LogP) is 5.24. The van der Waals surface area contributed by atoms with Crippen molar-refractivity contribution >= 4 is 0 Å². The van der Waals surface area contributed by atoms with E-state index < -0.39 is 23.5 Å². The minimum Gasteiger partial charge on any atom is -0.166 e. The maximum Gasteiger partial charge on any atom is 0.416 e.